The highest BCUT2D eigenvalue weighted by molar-refractivity contribution is 7.08. The van der Waals surface area contributed by atoms with Crippen LogP contribution in [-0.2, 0) is 28.7 Å². The number of fused-ring (bicyclic) bond motifs is 2. The fraction of sp³-hybridized carbons (Fsp3) is 0.167. The van der Waals surface area contributed by atoms with Crippen molar-refractivity contribution in [2.75, 3.05) is 12.0 Å². The highest BCUT2D eigenvalue weighted by atomic mass is 32.1. The van der Waals surface area contributed by atoms with Crippen LogP contribution in [-0.4, -0.2) is 40.5 Å². The Balaban J connectivity index is 1.76. The molecule has 4 aromatic rings. The summed E-state index contributed by atoms with van der Waals surface area (Å²) in [7, 11) is 1.14. The number of methoxy groups -OCH3 is 1. The molecule has 3 aromatic heterocycles. The van der Waals surface area contributed by atoms with E-state index in [4.69, 9.17) is 4.42 Å². The molecule has 1 aliphatic heterocycles. The summed E-state index contributed by atoms with van der Waals surface area (Å²) in [6.45, 7) is -0.333. The normalized spacial score (nSPS) is 13.8. The molecule has 5 rings (SSSR count). The molecule has 2 amide bonds. The van der Waals surface area contributed by atoms with Crippen molar-refractivity contribution in [2.45, 2.75) is 19.1 Å². The number of halogens is 3. The lowest BCUT2D eigenvalue weighted by Crippen LogP contribution is -2.42. The Morgan fingerprint density at radius 3 is 2.59 bits per heavy atom. The number of esters is 1. The van der Waals surface area contributed by atoms with Crippen LogP contribution in [0.1, 0.15) is 48.3 Å². The number of furan rings is 1. The van der Waals surface area contributed by atoms with Gasteiger partial charge < -0.3 is 18.8 Å². The lowest BCUT2D eigenvalue weighted by molar-refractivity contribution is -0.137. The van der Waals surface area contributed by atoms with Crippen LogP contribution in [0, 0.1) is 0 Å². The molecular formula is C24H15F3N2O7S. The molecule has 0 saturated heterocycles. The topological polar surface area (TPSA) is 119 Å². The second kappa shape index (κ2) is 8.62. The van der Waals surface area contributed by atoms with Gasteiger partial charge in [0.15, 0.2) is 5.69 Å². The standard InChI is InChI=1S/C24H15F3N2O7S/c1-35-23(34)17-5-3-13(36-17)8-28-16-4-2-12(24(25,26)27)7-14(16)19(20(28)22(32)33)29-18(30)6-11-9-37-10-15(11)21(29)31/h2-5,7,9-10H,6,8H2,1H3,(H,32,33). The minimum absolute atomic E-state index is 0.00753. The molecule has 1 N–H and O–H groups in total. The van der Waals surface area contributed by atoms with E-state index in [-0.39, 0.29) is 41.0 Å². The predicted molar refractivity (Wildman–Crippen MR) is 123 cm³/mol. The molecule has 0 bridgehead atoms. The molecule has 1 aliphatic rings. The largest absolute Gasteiger partial charge is 0.477 e. The smallest absolute Gasteiger partial charge is 0.416 e. The van der Waals surface area contributed by atoms with Crippen molar-refractivity contribution in [3.8, 4) is 0 Å². The van der Waals surface area contributed by atoms with E-state index in [1.54, 1.807) is 5.38 Å². The molecule has 0 aliphatic carbocycles. The Bertz CT molecular complexity index is 1610. The molecule has 9 nitrogen and oxygen atoms in total. The number of aromatic nitrogens is 1. The highest BCUT2D eigenvalue weighted by Crippen LogP contribution is 2.41. The number of alkyl halides is 3. The first kappa shape index (κ1) is 24.3. The van der Waals surface area contributed by atoms with Gasteiger partial charge in [-0.05, 0) is 41.3 Å². The summed E-state index contributed by atoms with van der Waals surface area (Å²) < 4.78 is 51.9. The number of aromatic carboxylic acids is 1. The van der Waals surface area contributed by atoms with E-state index in [1.807, 2.05) is 0 Å². The van der Waals surface area contributed by atoms with Crippen LogP contribution < -0.4 is 4.90 Å². The Morgan fingerprint density at radius 2 is 1.92 bits per heavy atom. The van der Waals surface area contributed by atoms with Crippen LogP contribution in [0.25, 0.3) is 10.9 Å². The lowest BCUT2D eigenvalue weighted by atomic mass is 10.0. The quantitative estimate of drug-likeness (QED) is 0.295. The molecule has 0 saturated carbocycles. The van der Waals surface area contributed by atoms with Crippen molar-refractivity contribution in [3.05, 3.63) is 75.0 Å². The third-order valence-corrected chi connectivity index (χ3v) is 6.71. The Morgan fingerprint density at radius 1 is 1.16 bits per heavy atom. The van der Waals surface area contributed by atoms with Crippen LogP contribution in [0.15, 0.2) is 45.5 Å². The van der Waals surface area contributed by atoms with E-state index in [0.29, 0.717) is 16.5 Å². The minimum Gasteiger partial charge on any atom is -0.477 e. The van der Waals surface area contributed by atoms with E-state index in [2.05, 4.69) is 4.74 Å². The van der Waals surface area contributed by atoms with Crippen LogP contribution in [0.4, 0.5) is 18.9 Å². The molecule has 0 spiro atoms. The zero-order chi connectivity index (χ0) is 26.6. The zero-order valence-electron chi connectivity index (χ0n) is 18.8. The number of carbonyl (C=O) groups excluding carboxylic acids is 3. The number of carboxylic acids is 1. The fourth-order valence-electron chi connectivity index (χ4n) is 4.30. The number of amides is 2. The summed E-state index contributed by atoms with van der Waals surface area (Å²) >= 11 is 1.17. The van der Waals surface area contributed by atoms with E-state index < -0.39 is 46.9 Å². The van der Waals surface area contributed by atoms with Crippen LogP contribution in [0.5, 0.6) is 0 Å². The van der Waals surface area contributed by atoms with Gasteiger partial charge >= 0.3 is 18.1 Å². The maximum absolute atomic E-state index is 13.6. The number of anilines is 1. The van der Waals surface area contributed by atoms with Gasteiger partial charge in [0, 0.05) is 10.8 Å². The molecular weight excluding hydrogens is 517 g/mol. The average Bonchev–Trinajstić information content (AvgIpc) is 3.56. The van der Waals surface area contributed by atoms with Gasteiger partial charge in [0.05, 0.1) is 42.4 Å². The molecule has 13 heteroatoms. The van der Waals surface area contributed by atoms with Crippen molar-refractivity contribution in [1.82, 2.24) is 4.57 Å². The fourth-order valence-corrected chi connectivity index (χ4v) is 5.13. The minimum atomic E-state index is -4.77. The summed E-state index contributed by atoms with van der Waals surface area (Å²) in [5.41, 5.74) is -1.52. The van der Waals surface area contributed by atoms with E-state index in [0.717, 1.165) is 23.8 Å². The maximum Gasteiger partial charge on any atom is 0.416 e. The van der Waals surface area contributed by atoms with Gasteiger partial charge in [0.2, 0.25) is 11.7 Å². The second-order valence-electron chi connectivity index (χ2n) is 8.10. The number of hydrogen-bond donors (Lipinski definition) is 1. The third kappa shape index (κ3) is 3.96. The number of carbonyl (C=O) groups is 4. The number of imide groups is 1. The van der Waals surface area contributed by atoms with Gasteiger partial charge in [-0.15, -0.1) is 0 Å². The van der Waals surface area contributed by atoms with Crippen LogP contribution >= 0.6 is 11.3 Å². The van der Waals surface area contributed by atoms with E-state index in [1.165, 1.54) is 28.8 Å². The van der Waals surface area contributed by atoms with Gasteiger partial charge in [0.25, 0.3) is 5.91 Å². The second-order valence-corrected chi connectivity index (χ2v) is 8.84. The zero-order valence-corrected chi connectivity index (χ0v) is 19.6. The van der Waals surface area contributed by atoms with Crippen molar-refractivity contribution >= 4 is 51.7 Å². The molecule has 0 unspecified atom stereocenters. The summed E-state index contributed by atoms with van der Waals surface area (Å²) in [4.78, 5) is 51.2. The number of thiophene rings is 1. The van der Waals surface area contributed by atoms with Gasteiger partial charge in [-0.3, -0.25) is 9.59 Å². The summed E-state index contributed by atoms with van der Waals surface area (Å²) in [6.07, 6.45) is -5.00. The van der Waals surface area contributed by atoms with E-state index in [9.17, 15) is 37.5 Å². The number of hydrogen-bond acceptors (Lipinski definition) is 7. The summed E-state index contributed by atoms with van der Waals surface area (Å²) in [5.74, 6) is -4.07. The summed E-state index contributed by atoms with van der Waals surface area (Å²) in [6, 6.07) is 5.22. The third-order valence-electron chi connectivity index (χ3n) is 5.92. The van der Waals surface area contributed by atoms with Crippen LogP contribution in [0.3, 0.4) is 0 Å². The molecule has 190 valence electrons. The first-order chi connectivity index (χ1) is 17.5. The average molecular weight is 532 g/mol. The number of carboxylic acid groups (broad SMARTS) is 1. The highest BCUT2D eigenvalue weighted by Gasteiger charge is 2.39. The number of nitrogens with zero attached hydrogens (tertiary/aromatic N) is 2. The molecule has 37 heavy (non-hydrogen) atoms. The predicted octanol–water partition coefficient (Wildman–Crippen LogP) is 4.58. The summed E-state index contributed by atoms with van der Waals surface area (Å²) in [5, 5.41) is 13.0. The monoisotopic (exact) mass is 532 g/mol. The molecule has 1 aromatic carbocycles. The van der Waals surface area contributed by atoms with E-state index >= 15 is 0 Å². The van der Waals surface area contributed by atoms with Gasteiger partial charge in [-0.2, -0.15) is 24.5 Å². The van der Waals surface area contributed by atoms with Gasteiger partial charge in [0.1, 0.15) is 5.76 Å². The van der Waals surface area contributed by atoms with Gasteiger partial charge in [-0.1, -0.05) is 0 Å². The van der Waals surface area contributed by atoms with Crippen molar-refractivity contribution in [2.24, 2.45) is 0 Å². The molecule has 0 fully saturated rings. The SMILES string of the molecule is COC(=O)c1ccc(Cn2c(C(=O)O)c(N3C(=O)Cc4cscc4C3=O)c3cc(C(F)(F)F)ccc32)o1. The first-order valence-corrected chi connectivity index (χ1v) is 11.5. The number of rotatable bonds is 5. The van der Waals surface area contributed by atoms with Crippen LogP contribution in [0.2, 0.25) is 0 Å². The lowest BCUT2D eigenvalue weighted by Gasteiger charge is -2.25. The van der Waals surface area contributed by atoms with Crippen molar-refractivity contribution in [1.29, 1.82) is 0 Å². The van der Waals surface area contributed by atoms with Gasteiger partial charge in [-0.25, -0.2) is 14.5 Å². The first-order valence-electron chi connectivity index (χ1n) is 10.6. The Labute approximate surface area is 209 Å². The Hall–Kier alpha value is -4.39. The Kier molecular flexibility index (Phi) is 5.67. The molecule has 0 radical (unpaired) electrons. The molecule has 0 atom stereocenters. The maximum atomic E-state index is 13.6. The number of benzene rings is 1. The van der Waals surface area contributed by atoms with Crippen molar-refractivity contribution in [3.63, 3.8) is 0 Å². The molecule has 4 heterocycles. The van der Waals surface area contributed by atoms with Crippen molar-refractivity contribution < 1.29 is 46.6 Å². The number of ether oxygens (including phenoxy) is 1.